The highest BCUT2D eigenvalue weighted by molar-refractivity contribution is 5.99. The maximum Gasteiger partial charge on any atom is 0.270 e. The van der Waals surface area contributed by atoms with Gasteiger partial charge in [0.15, 0.2) is 0 Å². The summed E-state index contributed by atoms with van der Waals surface area (Å²) in [4.78, 5) is 20.9. The standard InChI is InChI=1S/C27H27N3O2/c1-32-25-14-8-13-23-22(25)19-24(28-23)27(31)30-17-15-29(16-18-30)26(20-9-4-2-5-10-20)21-11-6-3-7-12-21/h2-14,19,26,28H,15-18H2,1H3. The highest BCUT2D eigenvalue weighted by Crippen LogP contribution is 2.30. The molecule has 162 valence electrons. The zero-order chi connectivity index (χ0) is 21.9. The summed E-state index contributed by atoms with van der Waals surface area (Å²) in [6.07, 6.45) is 0. The molecule has 1 saturated heterocycles. The number of aromatic amines is 1. The summed E-state index contributed by atoms with van der Waals surface area (Å²) in [6, 6.07) is 29.1. The van der Waals surface area contributed by atoms with Gasteiger partial charge in [0.05, 0.1) is 13.2 Å². The predicted octanol–water partition coefficient (Wildman–Crippen LogP) is 4.72. The first-order chi connectivity index (χ1) is 15.7. The summed E-state index contributed by atoms with van der Waals surface area (Å²) in [6.45, 7) is 3.04. The van der Waals surface area contributed by atoms with E-state index in [0.717, 1.165) is 29.7 Å². The van der Waals surface area contributed by atoms with Gasteiger partial charge in [-0.1, -0.05) is 66.7 Å². The third-order valence-corrected chi connectivity index (χ3v) is 6.27. The van der Waals surface area contributed by atoms with E-state index in [1.165, 1.54) is 11.1 Å². The molecule has 1 aliphatic heterocycles. The van der Waals surface area contributed by atoms with E-state index in [9.17, 15) is 4.79 Å². The molecule has 32 heavy (non-hydrogen) atoms. The predicted molar refractivity (Wildman–Crippen MR) is 127 cm³/mol. The molecule has 1 fully saturated rings. The summed E-state index contributed by atoms with van der Waals surface area (Å²) < 4.78 is 5.44. The van der Waals surface area contributed by atoms with Crippen LogP contribution in [0.5, 0.6) is 5.75 Å². The lowest BCUT2D eigenvalue weighted by atomic mass is 9.96. The number of hydrogen-bond acceptors (Lipinski definition) is 3. The van der Waals surface area contributed by atoms with Gasteiger partial charge in [-0.3, -0.25) is 9.69 Å². The Morgan fingerprint density at radius 1 is 0.844 bits per heavy atom. The first-order valence-corrected chi connectivity index (χ1v) is 11.0. The zero-order valence-corrected chi connectivity index (χ0v) is 18.2. The Balaban J connectivity index is 1.34. The van der Waals surface area contributed by atoms with Crippen LogP contribution in [0, 0.1) is 0 Å². The number of hydrogen-bond donors (Lipinski definition) is 1. The van der Waals surface area contributed by atoms with Crippen molar-refractivity contribution in [2.24, 2.45) is 0 Å². The SMILES string of the molecule is COc1cccc2[nH]c(C(=O)N3CCN(C(c4ccccc4)c4ccccc4)CC3)cc12. The molecule has 0 aliphatic carbocycles. The van der Waals surface area contributed by atoms with Crippen molar-refractivity contribution >= 4 is 16.8 Å². The van der Waals surface area contributed by atoms with Gasteiger partial charge in [-0.15, -0.1) is 0 Å². The second-order valence-corrected chi connectivity index (χ2v) is 8.16. The van der Waals surface area contributed by atoms with E-state index in [1.54, 1.807) is 7.11 Å². The highest BCUT2D eigenvalue weighted by atomic mass is 16.5. The Bertz CT molecular complexity index is 1160. The molecule has 1 amide bonds. The van der Waals surface area contributed by atoms with Crippen LogP contribution in [0.3, 0.4) is 0 Å². The third kappa shape index (κ3) is 3.87. The molecular formula is C27H27N3O2. The molecule has 5 nitrogen and oxygen atoms in total. The summed E-state index contributed by atoms with van der Waals surface area (Å²) >= 11 is 0. The minimum Gasteiger partial charge on any atom is -0.496 e. The van der Waals surface area contributed by atoms with Gasteiger partial charge in [0.2, 0.25) is 0 Å². The number of amides is 1. The number of nitrogens with one attached hydrogen (secondary N) is 1. The molecule has 0 bridgehead atoms. The van der Waals surface area contributed by atoms with Crippen molar-refractivity contribution in [3.63, 3.8) is 0 Å². The number of carbonyl (C=O) groups is 1. The summed E-state index contributed by atoms with van der Waals surface area (Å²) in [7, 11) is 1.65. The third-order valence-electron chi connectivity index (χ3n) is 6.27. The average molecular weight is 426 g/mol. The lowest BCUT2D eigenvalue weighted by Crippen LogP contribution is -2.50. The van der Waals surface area contributed by atoms with E-state index >= 15 is 0 Å². The van der Waals surface area contributed by atoms with Crippen molar-refractivity contribution < 1.29 is 9.53 Å². The highest BCUT2D eigenvalue weighted by Gasteiger charge is 2.29. The molecule has 0 unspecified atom stereocenters. The van der Waals surface area contributed by atoms with Crippen LogP contribution in [0.15, 0.2) is 84.9 Å². The molecule has 2 heterocycles. The van der Waals surface area contributed by atoms with Crippen LogP contribution >= 0.6 is 0 Å². The lowest BCUT2D eigenvalue weighted by molar-refractivity contribution is 0.0592. The monoisotopic (exact) mass is 425 g/mol. The Kier molecular flexibility index (Phi) is 5.65. The van der Waals surface area contributed by atoms with Crippen molar-refractivity contribution in [1.82, 2.24) is 14.8 Å². The molecule has 0 atom stereocenters. The number of carbonyl (C=O) groups excluding carboxylic acids is 1. The zero-order valence-electron chi connectivity index (χ0n) is 18.2. The first-order valence-electron chi connectivity index (χ1n) is 11.0. The number of ether oxygens (including phenoxy) is 1. The second kappa shape index (κ2) is 8.89. The molecule has 5 heteroatoms. The molecule has 3 aromatic carbocycles. The lowest BCUT2D eigenvalue weighted by Gasteiger charge is -2.39. The van der Waals surface area contributed by atoms with Gasteiger partial charge in [-0.2, -0.15) is 0 Å². The smallest absolute Gasteiger partial charge is 0.270 e. The number of aromatic nitrogens is 1. The number of methoxy groups -OCH3 is 1. The fraction of sp³-hybridized carbons (Fsp3) is 0.222. The Hall–Kier alpha value is -3.57. The Morgan fingerprint density at radius 3 is 2.06 bits per heavy atom. The van der Waals surface area contributed by atoms with Gasteiger partial charge in [-0.25, -0.2) is 0 Å². The van der Waals surface area contributed by atoms with Gasteiger partial charge >= 0.3 is 0 Å². The number of piperazine rings is 1. The molecule has 5 rings (SSSR count). The van der Waals surface area contributed by atoms with Crippen molar-refractivity contribution in [2.45, 2.75) is 6.04 Å². The van der Waals surface area contributed by atoms with Gasteiger partial charge in [0, 0.05) is 37.1 Å². The van der Waals surface area contributed by atoms with Crippen LogP contribution in [0.25, 0.3) is 10.9 Å². The molecule has 1 aromatic heterocycles. The van der Waals surface area contributed by atoms with Gasteiger partial charge in [-0.05, 0) is 29.3 Å². The molecule has 1 aliphatic rings. The summed E-state index contributed by atoms with van der Waals surface area (Å²) in [5.74, 6) is 0.815. The summed E-state index contributed by atoms with van der Waals surface area (Å²) in [5, 5.41) is 0.935. The van der Waals surface area contributed by atoms with E-state index in [-0.39, 0.29) is 11.9 Å². The van der Waals surface area contributed by atoms with Crippen molar-refractivity contribution in [2.75, 3.05) is 33.3 Å². The number of rotatable bonds is 5. The van der Waals surface area contributed by atoms with E-state index in [2.05, 4.69) is 70.5 Å². The van der Waals surface area contributed by atoms with Crippen molar-refractivity contribution in [3.8, 4) is 5.75 Å². The first kappa shape index (κ1) is 20.3. The molecule has 0 radical (unpaired) electrons. The average Bonchev–Trinajstić information content (AvgIpc) is 3.30. The minimum atomic E-state index is 0.0406. The van der Waals surface area contributed by atoms with Crippen LogP contribution < -0.4 is 4.74 Å². The van der Waals surface area contributed by atoms with Crippen LogP contribution in [0.2, 0.25) is 0 Å². The molecule has 1 N–H and O–H groups in total. The molecule has 0 saturated carbocycles. The topological polar surface area (TPSA) is 48.6 Å². The quantitative estimate of drug-likeness (QED) is 0.503. The van der Waals surface area contributed by atoms with E-state index in [1.807, 2.05) is 29.2 Å². The van der Waals surface area contributed by atoms with Gasteiger partial charge < -0.3 is 14.6 Å². The van der Waals surface area contributed by atoms with E-state index in [4.69, 9.17) is 4.74 Å². The van der Waals surface area contributed by atoms with Gasteiger partial charge in [0.25, 0.3) is 5.91 Å². The van der Waals surface area contributed by atoms with Crippen molar-refractivity contribution in [1.29, 1.82) is 0 Å². The Labute approximate surface area is 188 Å². The van der Waals surface area contributed by atoms with Crippen molar-refractivity contribution in [3.05, 3.63) is 102 Å². The number of fused-ring (bicyclic) bond motifs is 1. The fourth-order valence-corrected chi connectivity index (χ4v) is 4.66. The van der Waals surface area contributed by atoms with Crippen LogP contribution in [-0.2, 0) is 0 Å². The maximum absolute atomic E-state index is 13.2. The molecular weight excluding hydrogens is 398 g/mol. The fourth-order valence-electron chi connectivity index (χ4n) is 4.66. The van der Waals surface area contributed by atoms with E-state index in [0.29, 0.717) is 18.8 Å². The number of H-pyrrole nitrogens is 1. The van der Waals surface area contributed by atoms with Crippen LogP contribution in [0.1, 0.15) is 27.7 Å². The Morgan fingerprint density at radius 2 is 1.47 bits per heavy atom. The second-order valence-electron chi connectivity index (χ2n) is 8.16. The summed E-state index contributed by atoms with van der Waals surface area (Å²) in [5.41, 5.74) is 4.09. The van der Waals surface area contributed by atoms with Gasteiger partial charge in [0.1, 0.15) is 11.4 Å². The van der Waals surface area contributed by atoms with Crippen LogP contribution in [-0.4, -0.2) is 54.0 Å². The maximum atomic E-state index is 13.2. The normalized spacial score (nSPS) is 14.8. The molecule has 0 spiro atoms. The largest absolute Gasteiger partial charge is 0.496 e. The number of benzene rings is 3. The van der Waals surface area contributed by atoms with Crippen LogP contribution in [0.4, 0.5) is 0 Å². The minimum absolute atomic E-state index is 0.0406. The molecule has 4 aromatic rings. The van der Waals surface area contributed by atoms with E-state index < -0.39 is 0 Å². The number of nitrogens with zero attached hydrogens (tertiary/aromatic N) is 2.